The molecule has 0 aliphatic carbocycles. The van der Waals surface area contributed by atoms with Gasteiger partial charge in [-0.15, -0.1) is 0 Å². The van der Waals surface area contributed by atoms with Gasteiger partial charge in [0.1, 0.15) is 11.6 Å². The predicted octanol–water partition coefficient (Wildman–Crippen LogP) is 4.95. The van der Waals surface area contributed by atoms with E-state index in [1.54, 1.807) is 6.92 Å². The van der Waals surface area contributed by atoms with Crippen LogP contribution in [0.5, 0.6) is 11.5 Å². The molecule has 0 fully saturated rings. The molecule has 0 unspecified atom stereocenters. The molecule has 0 spiro atoms. The van der Waals surface area contributed by atoms with Crippen molar-refractivity contribution in [3.8, 4) is 22.6 Å². The highest BCUT2D eigenvalue weighted by Gasteiger charge is 2.38. The van der Waals surface area contributed by atoms with E-state index in [-0.39, 0.29) is 34.1 Å². The van der Waals surface area contributed by atoms with Crippen LogP contribution in [0.15, 0.2) is 64.4 Å². The lowest BCUT2D eigenvalue weighted by atomic mass is 10.0. The molecule has 2 aromatic heterocycles. The van der Waals surface area contributed by atoms with Crippen LogP contribution in [0.1, 0.15) is 17.0 Å². The molecule has 0 aliphatic rings. The van der Waals surface area contributed by atoms with Crippen molar-refractivity contribution >= 4 is 11.6 Å². The molecule has 0 atom stereocenters. The topological polar surface area (TPSA) is 89.9 Å². The van der Waals surface area contributed by atoms with Crippen LogP contribution in [-0.2, 0) is 12.7 Å². The number of aryl methyl sites for hydroxylation is 1. The van der Waals surface area contributed by atoms with Gasteiger partial charge in [-0.25, -0.2) is 14.5 Å². The van der Waals surface area contributed by atoms with Crippen molar-refractivity contribution in [1.82, 2.24) is 19.7 Å². The van der Waals surface area contributed by atoms with E-state index in [0.717, 1.165) is 4.57 Å². The summed E-state index contributed by atoms with van der Waals surface area (Å²) in [5, 5.41) is 6.28. The Balaban J connectivity index is 1.75. The zero-order valence-corrected chi connectivity index (χ0v) is 18.6. The van der Waals surface area contributed by atoms with Gasteiger partial charge in [0.2, 0.25) is 5.75 Å². The number of ether oxygens (including phenoxy) is 1. The molecule has 12 heteroatoms. The summed E-state index contributed by atoms with van der Waals surface area (Å²) in [5.74, 6) is -1.66. The Morgan fingerprint density at radius 1 is 1.11 bits per heavy atom. The second-order valence-corrected chi connectivity index (χ2v) is 7.92. The van der Waals surface area contributed by atoms with Crippen LogP contribution >= 0.6 is 11.6 Å². The highest BCUT2D eigenvalue weighted by atomic mass is 35.5. The number of benzene rings is 2. The van der Waals surface area contributed by atoms with E-state index in [9.17, 15) is 27.2 Å². The van der Waals surface area contributed by atoms with Crippen molar-refractivity contribution in [2.75, 3.05) is 0 Å². The molecular weight excluding hydrogens is 492 g/mol. The van der Waals surface area contributed by atoms with E-state index in [1.807, 2.05) is 0 Å². The predicted molar refractivity (Wildman–Crippen MR) is 119 cm³/mol. The highest BCUT2D eigenvalue weighted by molar-refractivity contribution is 6.30. The third kappa shape index (κ3) is 5.24. The normalized spacial score (nSPS) is 11.5. The van der Waals surface area contributed by atoms with Crippen LogP contribution in [0.4, 0.5) is 17.6 Å². The van der Waals surface area contributed by atoms with Crippen LogP contribution < -0.4 is 15.9 Å². The van der Waals surface area contributed by atoms with Crippen molar-refractivity contribution in [2.45, 2.75) is 19.6 Å². The highest BCUT2D eigenvalue weighted by Crippen LogP contribution is 2.34. The maximum Gasteiger partial charge on any atom is 0.437 e. The maximum atomic E-state index is 14.0. The van der Waals surface area contributed by atoms with Crippen molar-refractivity contribution in [1.29, 1.82) is 0 Å². The number of hydrogen-bond donors (Lipinski definition) is 1. The summed E-state index contributed by atoms with van der Waals surface area (Å²) in [6, 6.07) is 11.0. The Morgan fingerprint density at radius 3 is 2.57 bits per heavy atom. The van der Waals surface area contributed by atoms with Gasteiger partial charge in [-0.3, -0.25) is 14.2 Å². The monoisotopic (exact) mass is 506 g/mol. The molecule has 35 heavy (non-hydrogen) atoms. The average molecular weight is 507 g/mol. The van der Waals surface area contributed by atoms with Crippen LogP contribution in [0, 0.1) is 12.7 Å². The maximum absolute atomic E-state index is 14.0. The molecule has 180 valence electrons. The lowest BCUT2D eigenvalue weighted by Gasteiger charge is -2.14. The summed E-state index contributed by atoms with van der Waals surface area (Å²) < 4.78 is 60.6. The first kappa shape index (κ1) is 24.1. The number of nitrogens with zero attached hydrogens (tertiary/aromatic N) is 3. The lowest BCUT2D eigenvalue weighted by Crippen LogP contribution is -2.27. The second-order valence-electron chi connectivity index (χ2n) is 7.48. The van der Waals surface area contributed by atoms with Gasteiger partial charge < -0.3 is 4.74 Å². The summed E-state index contributed by atoms with van der Waals surface area (Å²) in [7, 11) is 0. The van der Waals surface area contributed by atoms with Gasteiger partial charge in [-0.2, -0.15) is 18.3 Å². The Kier molecular flexibility index (Phi) is 6.44. The zero-order chi connectivity index (χ0) is 25.3. The molecule has 0 amide bonds. The van der Waals surface area contributed by atoms with E-state index in [4.69, 9.17) is 16.3 Å². The molecule has 0 saturated carbocycles. The van der Waals surface area contributed by atoms with E-state index >= 15 is 0 Å². The molecule has 2 heterocycles. The van der Waals surface area contributed by atoms with Crippen LogP contribution in [0.2, 0.25) is 5.02 Å². The molecule has 0 saturated heterocycles. The molecule has 1 N–H and O–H groups in total. The molecule has 4 aromatic rings. The Hall–Kier alpha value is -3.99. The molecule has 0 radical (unpaired) electrons. The number of aromatic nitrogens is 4. The lowest BCUT2D eigenvalue weighted by molar-refractivity contribution is -0.142. The van der Waals surface area contributed by atoms with Crippen molar-refractivity contribution in [2.24, 2.45) is 0 Å². The molecule has 4 rings (SSSR count). The Labute approximate surface area is 199 Å². The first-order valence-corrected chi connectivity index (χ1v) is 10.4. The fourth-order valence-electron chi connectivity index (χ4n) is 3.20. The van der Waals surface area contributed by atoms with Crippen molar-refractivity contribution < 1.29 is 22.3 Å². The zero-order valence-electron chi connectivity index (χ0n) is 17.9. The van der Waals surface area contributed by atoms with E-state index < -0.39 is 34.6 Å². The fourth-order valence-corrected chi connectivity index (χ4v) is 3.38. The molecule has 0 bridgehead atoms. The summed E-state index contributed by atoms with van der Waals surface area (Å²) in [4.78, 5) is 28.6. The van der Waals surface area contributed by atoms with E-state index in [0.29, 0.717) is 11.9 Å². The quantitative estimate of drug-likeness (QED) is 0.387. The number of halogens is 5. The number of aromatic amines is 1. The van der Waals surface area contributed by atoms with E-state index in [1.165, 1.54) is 48.5 Å². The molecule has 0 aliphatic heterocycles. The average Bonchev–Trinajstić information content (AvgIpc) is 2.79. The summed E-state index contributed by atoms with van der Waals surface area (Å²) in [5.41, 5.74) is -2.43. The van der Waals surface area contributed by atoms with Crippen molar-refractivity contribution in [3.05, 3.63) is 103 Å². The summed E-state index contributed by atoms with van der Waals surface area (Å²) >= 11 is 5.85. The van der Waals surface area contributed by atoms with Gasteiger partial charge in [0.05, 0.1) is 24.1 Å². The van der Waals surface area contributed by atoms with Gasteiger partial charge in [0.25, 0.3) is 11.1 Å². The third-order valence-electron chi connectivity index (χ3n) is 4.95. The van der Waals surface area contributed by atoms with Crippen molar-refractivity contribution in [3.63, 3.8) is 0 Å². The van der Waals surface area contributed by atoms with Gasteiger partial charge in [0, 0.05) is 5.02 Å². The molecule has 2 aromatic carbocycles. The van der Waals surface area contributed by atoms with Gasteiger partial charge in [-0.05, 0) is 48.4 Å². The number of H-pyrrole nitrogens is 1. The number of alkyl halides is 3. The SMILES string of the molecule is Cc1ccc(-c2cc(Cn3cnc(C(F)(F)F)c(Oc4cccc(Cl)c4)c3=O)n[nH]c2=O)cc1F. The van der Waals surface area contributed by atoms with Gasteiger partial charge in [0.15, 0.2) is 5.69 Å². The summed E-state index contributed by atoms with van der Waals surface area (Å²) in [6.45, 7) is 1.21. The minimum atomic E-state index is -4.97. The van der Waals surface area contributed by atoms with Crippen LogP contribution in [-0.4, -0.2) is 19.7 Å². The second kappa shape index (κ2) is 9.34. The first-order chi connectivity index (χ1) is 16.5. The smallest absolute Gasteiger partial charge is 0.437 e. The Morgan fingerprint density at radius 2 is 1.89 bits per heavy atom. The van der Waals surface area contributed by atoms with E-state index in [2.05, 4.69) is 15.2 Å². The number of rotatable bonds is 5. The van der Waals surface area contributed by atoms with Gasteiger partial charge in [-0.1, -0.05) is 29.8 Å². The van der Waals surface area contributed by atoms with Gasteiger partial charge >= 0.3 is 6.18 Å². The summed E-state index contributed by atoms with van der Waals surface area (Å²) in [6.07, 6.45) is -4.26. The molecular formula is C23H15ClF4N4O3. The fraction of sp³-hybridized carbons (Fsp3) is 0.130. The van der Waals surface area contributed by atoms with Crippen LogP contribution in [0.25, 0.3) is 11.1 Å². The third-order valence-corrected chi connectivity index (χ3v) is 5.19. The minimum Gasteiger partial charge on any atom is -0.449 e. The standard InChI is InChI=1S/C23H15ClF4N4O3/c1-12-5-6-13(7-18(12)25)17-9-15(30-31-21(17)33)10-32-11-29-20(23(26,27)28)19(22(32)34)35-16-4-2-3-14(24)8-16/h2-9,11H,10H2,1H3,(H,31,33). The largest absolute Gasteiger partial charge is 0.449 e. The number of nitrogens with one attached hydrogen (secondary N) is 1. The molecule has 7 nitrogen and oxygen atoms in total. The Bertz CT molecular complexity index is 1530. The van der Waals surface area contributed by atoms with Crippen LogP contribution in [0.3, 0.4) is 0 Å². The minimum absolute atomic E-state index is 0.0669. The first-order valence-electron chi connectivity index (χ1n) is 9.98. The number of hydrogen-bond acceptors (Lipinski definition) is 5.